The van der Waals surface area contributed by atoms with Crippen LogP contribution in [-0.2, 0) is 0 Å². The Balaban J connectivity index is 2.22. The highest BCUT2D eigenvalue weighted by Crippen LogP contribution is 2.23. The number of halogens is 2. The van der Waals surface area contributed by atoms with Crippen molar-refractivity contribution < 1.29 is 4.79 Å². The first-order valence-electron chi connectivity index (χ1n) is 4.76. The molecule has 0 saturated heterocycles. The molecule has 0 aliphatic carbocycles. The molecule has 0 radical (unpaired) electrons. The van der Waals surface area contributed by atoms with Crippen molar-refractivity contribution in [3.8, 4) is 0 Å². The van der Waals surface area contributed by atoms with Crippen LogP contribution in [0.25, 0.3) is 0 Å². The second-order valence-electron chi connectivity index (χ2n) is 3.41. The number of carbonyl (C=O) groups excluding carboxylic acids is 1. The monoisotopic (exact) mass is 330 g/mol. The van der Waals surface area contributed by atoms with Crippen molar-refractivity contribution in [2.24, 2.45) is 0 Å². The third-order valence-electron chi connectivity index (χ3n) is 2.04. The van der Waals surface area contributed by atoms with Gasteiger partial charge in [-0.3, -0.25) is 4.79 Å². The summed E-state index contributed by atoms with van der Waals surface area (Å²) >= 11 is 10.5. The van der Waals surface area contributed by atoms with Crippen LogP contribution in [0.15, 0.2) is 28.7 Å². The van der Waals surface area contributed by atoms with Crippen LogP contribution in [0.2, 0.25) is 5.02 Å². The highest BCUT2D eigenvalue weighted by molar-refractivity contribution is 9.10. The zero-order valence-electron chi connectivity index (χ0n) is 8.83. The number of benzene rings is 1. The van der Waals surface area contributed by atoms with Gasteiger partial charge in [-0.25, -0.2) is 0 Å². The number of amides is 1. The lowest BCUT2D eigenvalue weighted by Gasteiger charge is -2.04. The van der Waals surface area contributed by atoms with Gasteiger partial charge in [0, 0.05) is 4.47 Å². The Hall–Kier alpha value is -0.910. The van der Waals surface area contributed by atoms with E-state index < -0.39 is 0 Å². The Morgan fingerprint density at radius 2 is 2.24 bits per heavy atom. The Morgan fingerprint density at radius 1 is 1.47 bits per heavy atom. The third-order valence-corrected chi connectivity index (χ3v) is 3.66. The van der Waals surface area contributed by atoms with Crippen LogP contribution < -0.4 is 5.32 Å². The van der Waals surface area contributed by atoms with Gasteiger partial charge in [-0.05, 0) is 42.7 Å². The van der Waals surface area contributed by atoms with Crippen molar-refractivity contribution in [3.05, 3.63) is 45.0 Å². The lowest BCUT2D eigenvalue weighted by Crippen LogP contribution is -2.11. The molecule has 1 amide bonds. The van der Waals surface area contributed by atoms with Crippen LogP contribution in [0.5, 0.6) is 0 Å². The lowest BCUT2D eigenvalue weighted by atomic mass is 10.2. The Bertz CT molecular complexity index is 570. The van der Waals surface area contributed by atoms with Gasteiger partial charge in [0.1, 0.15) is 5.00 Å². The molecule has 0 bridgehead atoms. The molecule has 1 N–H and O–H groups in total. The van der Waals surface area contributed by atoms with Crippen molar-refractivity contribution in [1.82, 2.24) is 4.37 Å². The molecule has 1 heterocycles. The molecule has 0 unspecified atom stereocenters. The number of rotatable bonds is 2. The van der Waals surface area contributed by atoms with E-state index in [1.54, 1.807) is 18.2 Å². The van der Waals surface area contributed by atoms with Gasteiger partial charge >= 0.3 is 0 Å². The fourth-order valence-corrected chi connectivity index (χ4v) is 2.49. The standard InChI is InChI=1S/C11H8BrClN2OS/c1-6-4-10(17-15-6)14-11(16)8-5-7(12)2-3-9(8)13/h2-5H,1H3,(H,14,16). The summed E-state index contributed by atoms with van der Waals surface area (Å²) in [4.78, 5) is 12.0. The molecule has 1 aromatic carbocycles. The molecule has 0 aliphatic rings. The van der Waals surface area contributed by atoms with Gasteiger partial charge < -0.3 is 5.32 Å². The van der Waals surface area contributed by atoms with E-state index in [4.69, 9.17) is 11.6 Å². The second-order valence-corrected chi connectivity index (χ2v) is 5.54. The summed E-state index contributed by atoms with van der Waals surface area (Å²) in [6, 6.07) is 6.97. The molecule has 0 aliphatic heterocycles. The maximum Gasteiger partial charge on any atom is 0.257 e. The topological polar surface area (TPSA) is 42.0 Å². The first-order chi connectivity index (χ1) is 8.06. The number of nitrogens with one attached hydrogen (secondary N) is 1. The van der Waals surface area contributed by atoms with Gasteiger partial charge in [-0.2, -0.15) is 4.37 Å². The van der Waals surface area contributed by atoms with E-state index in [-0.39, 0.29) is 5.91 Å². The first-order valence-corrected chi connectivity index (χ1v) is 6.70. The van der Waals surface area contributed by atoms with Crippen molar-refractivity contribution in [1.29, 1.82) is 0 Å². The molecule has 2 aromatic rings. The number of aryl methyl sites for hydroxylation is 1. The van der Waals surface area contributed by atoms with Gasteiger partial charge in [0.15, 0.2) is 0 Å². The summed E-state index contributed by atoms with van der Waals surface area (Å²) in [5.74, 6) is -0.236. The molecule has 0 saturated carbocycles. The predicted molar refractivity (Wildman–Crippen MR) is 74.0 cm³/mol. The largest absolute Gasteiger partial charge is 0.312 e. The molecule has 0 fully saturated rings. The van der Waals surface area contributed by atoms with E-state index >= 15 is 0 Å². The van der Waals surface area contributed by atoms with Gasteiger partial charge in [0.05, 0.1) is 16.3 Å². The predicted octanol–water partition coefficient (Wildman–Crippen LogP) is 4.12. The minimum absolute atomic E-state index is 0.236. The second kappa shape index (κ2) is 5.16. The van der Waals surface area contributed by atoms with Crippen molar-refractivity contribution in [3.63, 3.8) is 0 Å². The van der Waals surface area contributed by atoms with E-state index in [9.17, 15) is 4.79 Å². The number of carbonyl (C=O) groups is 1. The SMILES string of the molecule is Cc1cc(NC(=O)c2cc(Br)ccc2Cl)sn1. The smallest absolute Gasteiger partial charge is 0.257 e. The van der Waals surface area contributed by atoms with Gasteiger partial charge in [0.25, 0.3) is 5.91 Å². The molecular formula is C11H8BrClN2OS. The highest BCUT2D eigenvalue weighted by Gasteiger charge is 2.12. The molecule has 1 aromatic heterocycles. The van der Waals surface area contributed by atoms with Crippen molar-refractivity contribution in [2.45, 2.75) is 6.92 Å². The molecule has 17 heavy (non-hydrogen) atoms. The van der Waals surface area contributed by atoms with Crippen LogP contribution in [0.1, 0.15) is 16.1 Å². The number of hydrogen-bond acceptors (Lipinski definition) is 3. The van der Waals surface area contributed by atoms with Gasteiger partial charge in [-0.1, -0.05) is 27.5 Å². The van der Waals surface area contributed by atoms with Gasteiger partial charge in [-0.15, -0.1) is 0 Å². The Labute approximate surface area is 116 Å². The van der Waals surface area contributed by atoms with Crippen LogP contribution in [0.4, 0.5) is 5.00 Å². The third kappa shape index (κ3) is 3.06. The molecule has 0 spiro atoms. The number of nitrogens with zero attached hydrogens (tertiary/aromatic N) is 1. The summed E-state index contributed by atoms with van der Waals surface area (Å²) in [7, 11) is 0. The Kier molecular flexibility index (Phi) is 3.81. The molecule has 6 heteroatoms. The zero-order chi connectivity index (χ0) is 12.4. The fourth-order valence-electron chi connectivity index (χ4n) is 1.27. The van der Waals surface area contributed by atoms with Gasteiger partial charge in [0.2, 0.25) is 0 Å². The van der Waals surface area contributed by atoms with E-state index in [0.717, 1.165) is 10.2 Å². The maximum atomic E-state index is 12.0. The maximum absolute atomic E-state index is 12.0. The minimum atomic E-state index is -0.236. The minimum Gasteiger partial charge on any atom is -0.312 e. The highest BCUT2D eigenvalue weighted by atomic mass is 79.9. The average molecular weight is 332 g/mol. The molecule has 0 atom stereocenters. The van der Waals surface area contributed by atoms with Crippen LogP contribution in [-0.4, -0.2) is 10.3 Å². The zero-order valence-corrected chi connectivity index (χ0v) is 12.0. The molecule has 2 rings (SSSR count). The molecule has 88 valence electrons. The van der Waals surface area contributed by atoms with E-state index in [1.165, 1.54) is 11.5 Å². The first kappa shape index (κ1) is 12.5. The number of hydrogen-bond donors (Lipinski definition) is 1. The summed E-state index contributed by atoms with van der Waals surface area (Å²) in [5, 5.41) is 3.89. The van der Waals surface area contributed by atoms with E-state index in [2.05, 4.69) is 25.6 Å². The summed E-state index contributed by atoms with van der Waals surface area (Å²) < 4.78 is 4.90. The van der Waals surface area contributed by atoms with Crippen LogP contribution >= 0.6 is 39.1 Å². The lowest BCUT2D eigenvalue weighted by molar-refractivity contribution is 0.102. The van der Waals surface area contributed by atoms with E-state index in [1.807, 2.05) is 13.0 Å². The fraction of sp³-hybridized carbons (Fsp3) is 0.0909. The van der Waals surface area contributed by atoms with Crippen molar-refractivity contribution in [2.75, 3.05) is 5.32 Å². The Morgan fingerprint density at radius 3 is 2.88 bits per heavy atom. The molecular weight excluding hydrogens is 324 g/mol. The summed E-state index contributed by atoms with van der Waals surface area (Å²) in [6.07, 6.45) is 0. The normalized spacial score (nSPS) is 10.3. The number of anilines is 1. The average Bonchev–Trinajstić information content (AvgIpc) is 2.67. The van der Waals surface area contributed by atoms with Crippen molar-refractivity contribution >= 4 is 50.0 Å². The summed E-state index contributed by atoms with van der Waals surface area (Å²) in [6.45, 7) is 1.87. The summed E-state index contributed by atoms with van der Waals surface area (Å²) in [5.41, 5.74) is 1.32. The van der Waals surface area contributed by atoms with Crippen LogP contribution in [0.3, 0.4) is 0 Å². The van der Waals surface area contributed by atoms with E-state index in [0.29, 0.717) is 15.6 Å². The molecule has 3 nitrogen and oxygen atoms in total. The quantitative estimate of drug-likeness (QED) is 0.899. The number of aromatic nitrogens is 1. The van der Waals surface area contributed by atoms with Crippen LogP contribution in [0, 0.1) is 6.92 Å².